The first-order valence-corrected chi connectivity index (χ1v) is 12.0. The minimum atomic E-state index is -0.492. The molecule has 0 saturated carbocycles. The summed E-state index contributed by atoms with van der Waals surface area (Å²) < 4.78 is 12.8. The van der Waals surface area contributed by atoms with E-state index in [1.807, 2.05) is 53.9 Å². The van der Waals surface area contributed by atoms with E-state index in [1.54, 1.807) is 10.9 Å². The molecule has 0 aliphatic heterocycles. The molecule has 3 heterocycles. The maximum atomic E-state index is 13.2. The van der Waals surface area contributed by atoms with Crippen molar-refractivity contribution in [3.05, 3.63) is 105 Å². The predicted octanol–water partition coefficient (Wildman–Crippen LogP) is 5.55. The lowest BCUT2D eigenvalue weighted by molar-refractivity contribution is 0.0474. The molecule has 0 saturated heterocycles. The number of ether oxygens (including phenoxy) is 1. The molecule has 0 bridgehead atoms. The monoisotopic (exact) mass is 468 g/mol. The van der Waals surface area contributed by atoms with Crippen LogP contribution in [-0.2, 0) is 24.2 Å². The zero-order valence-corrected chi connectivity index (χ0v) is 19.0. The van der Waals surface area contributed by atoms with Crippen molar-refractivity contribution in [1.82, 2.24) is 9.78 Å². The molecule has 0 amide bonds. The Bertz CT molecular complexity index is 1570. The molecule has 6 nitrogen and oxygen atoms in total. The maximum Gasteiger partial charge on any atom is 0.342 e. The van der Waals surface area contributed by atoms with Crippen molar-refractivity contribution in [3.8, 4) is 16.3 Å². The molecule has 0 radical (unpaired) electrons. The molecule has 34 heavy (non-hydrogen) atoms. The van der Waals surface area contributed by atoms with Gasteiger partial charge < -0.3 is 9.15 Å². The summed E-state index contributed by atoms with van der Waals surface area (Å²) in [6.45, 7) is -0.0277. The van der Waals surface area contributed by atoms with Crippen LogP contribution in [0, 0.1) is 0 Å². The van der Waals surface area contributed by atoms with E-state index in [4.69, 9.17) is 9.15 Å². The summed E-state index contributed by atoms with van der Waals surface area (Å²) >= 11 is 1.51. The Labute approximate surface area is 199 Å². The van der Waals surface area contributed by atoms with Crippen LogP contribution in [-0.4, -0.2) is 15.7 Å². The van der Waals surface area contributed by atoms with E-state index in [1.165, 1.54) is 28.5 Å². The summed E-state index contributed by atoms with van der Waals surface area (Å²) in [5, 5.41) is 7.42. The van der Waals surface area contributed by atoms with Gasteiger partial charge in [-0.3, -0.25) is 0 Å². The van der Waals surface area contributed by atoms with Crippen LogP contribution in [0.2, 0.25) is 0 Å². The number of fused-ring (bicyclic) bond motifs is 2. The summed E-state index contributed by atoms with van der Waals surface area (Å²) in [5.74, 6) is -0.492. The predicted molar refractivity (Wildman–Crippen MR) is 131 cm³/mol. The fraction of sp³-hybridized carbons (Fsp3) is 0.148. The molecule has 0 fully saturated rings. The molecule has 1 aliphatic rings. The van der Waals surface area contributed by atoms with Crippen molar-refractivity contribution in [2.24, 2.45) is 0 Å². The van der Waals surface area contributed by atoms with E-state index in [2.05, 4.69) is 11.2 Å². The van der Waals surface area contributed by atoms with Crippen LogP contribution in [0.3, 0.4) is 0 Å². The van der Waals surface area contributed by atoms with Gasteiger partial charge in [0, 0.05) is 23.2 Å². The number of rotatable bonds is 5. The summed E-state index contributed by atoms with van der Waals surface area (Å²) in [6.07, 6.45) is 4.78. The zero-order valence-electron chi connectivity index (χ0n) is 18.2. The molecule has 168 valence electrons. The highest BCUT2D eigenvalue weighted by Gasteiger charge is 2.22. The Balaban J connectivity index is 1.34. The van der Waals surface area contributed by atoms with Crippen LogP contribution in [0.1, 0.15) is 33.5 Å². The normalized spacial score (nSPS) is 12.7. The fourth-order valence-corrected chi connectivity index (χ4v) is 5.19. The van der Waals surface area contributed by atoms with Gasteiger partial charge in [-0.15, -0.1) is 11.3 Å². The van der Waals surface area contributed by atoms with Gasteiger partial charge in [-0.2, -0.15) is 5.10 Å². The molecule has 7 heteroatoms. The number of hydrogen-bond acceptors (Lipinski definition) is 6. The number of esters is 1. The first kappa shape index (κ1) is 20.6. The number of aryl methyl sites for hydroxylation is 2. The second-order valence-corrected chi connectivity index (χ2v) is 9.23. The third-order valence-electron chi connectivity index (χ3n) is 6.11. The van der Waals surface area contributed by atoms with E-state index in [0.717, 1.165) is 35.2 Å². The smallest absolute Gasteiger partial charge is 0.342 e. The van der Waals surface area contributed by atoms with E-state index in [-0.39, 0.29) is 6.61 Å². The number of para-hydroxylation sites is 1. The number of carbonyl (C=O) groups is 1. The van der Waals surface area contributed by atoms with Crippen LogP contribution in [0.15, 0.2) is 81.5 Å². The molecule has 6 rings (SSSR count). The number of nitrogens with zero attached hydrogens (tertiary/aromatic N) is 2. The highest BCUT2D eigenvalue weighted by Crippen LogP contribution is 2.30. The van der Waals surface area contributed by atoms with Crippen molar-refractivity contribution in [2.75, 3.05) is 0 Å². The molecular formula is C27H20N2O4S. The third-order valence-corrected chi connectivity index (χ3v) is 6.99. The van der Waals surface area contributed by atoms with E-state index in [9.17, 15) is 9.59 Å². The molecule has 0 atom stereocenters. The first-order valence-electron chi connectivity index (χ1n) is 11.1. The number of aromatic nitrogens is 2. The SMILES string of the molecule is O=C(OCc1cc(=O)oc2cc3c(cc12)CCC3)c1cn(-c2ccccc2)nc1-c1cccs1. The van der Waals surface area contributed by atoms with Crippen LogP contribution in [0.4, 0.5) is 0 Å². The van der Waals surface area contributed by atoms with E-state index >= 15 is 0 Å². The Morgan fingerprint density at radius 1 is 1.06 bits per heavy atom. The molecule has 5 aromatic rings. The summed E-state index contributed by atoms with van der Waals surface area (Å²) in [6, 6.07) is 18.9. The maximum absolute atomic E-state index is 13.2. The molecular weight excluding hydrogens is 448 g/mol. The lowest BCUT2D eigenvalue weighted by atomic mass is 10.0. The minimum absolute atomic E-state index is 0.0277. The van der Waals surface area contributed by atoms with Gasteiger partial charge in [0.15, 0.2) is 0 Å². The van der Waals surface area contributed by atoms with Gasteiger partial charge in [-0.05, 0) is 66.1 Å². The van der Waals surface area contributed by atoms with Gasteiger partial charge in [-0.25, -0.2) is 14.3 Å². The second kappa shape index (κ2) is 8.43. The van der Waals surface area contributed by atoms with E-state index < -0.39 is 11.6 Å². The van der Waals surface area contributed by atoms with Gasteiger partial charge in [0.05, 0.1) is 10.6 Å². The van der Waals surface area contributed by atoms with Crippen molar-refractivity contribution in [2.45, 2.75) is 25.9 Å². The van der Waals surface area contributed by atoms with E-state index in [0.29, 0.717) is 22.4 Å². The van der Waals surface area contributed by atoms with Crippen molar-refractivity contribution in [3.63, 3.8) is 0 Å². The van der Waals surface area contributed by atoms with Crippen LogP contribution < -0.4 is 5.63 Å². The largest absolute Gasteiger partial charge is 0.457 e. The van der Waals surface area contributed by atoms with Gasteiger partial charge in [0.25, 0.3) is 0 Å². The van der Waals surface area contributed by atoms with Crippen molar-refractivity contribution < 1.29 is 13.9 Å². The first-order chi connectivity index (χ1) is 16.7. The van der Waals surface area contributed by atoms with Gasteiger partial charge >= 0.3 is 11.6 Å². The zero-order chi connectivity index (χ0) is 23.1. The highest BCUT2D eigenvalue weighted by molar-refractivity contribution is 7.13. The summed E-state index contributed by atoms with van der Waals surface area (Å²) in [7, 11) is 0. The molecule has 3 aromatic heterocycles. The Morgan fingerprint density at radius 2 is 1.88 bits per heavy atom. The van der Waals surface area contributed by atoms with Crippen LogP contribution >= 0.6 is 11.3 Å². The topological polar surface area (TPSA) is 74.3 Å². The Hall–Kier alpha value is -3.97. The molecule has 2 aromatic carbocycles. The van der Waals surface area contributed by atoms with Gasteiger partial charge in [0.1, 0.15) is 23.4 Å². The van der Waals surface area contributed by atoms with Gasteiger partial charge in [0.2, 0.25) is 0 Å². The number of benzene rings is 2. The highest BCUT2D eigenvalue weighted by atomic mass is 32.1. The molecule has 0 spiro atoms. The average Bonchev–Trinajstić information content (AvgIpc) is 3.61. The van der Waals surface area contributed by atoms with Crippen molar-refractivity contribution >= 4 is 28.3 Å². The number of hydrogen-bond donors (Lipinski definition) is 0. The number of thiophene rings is 1. The average molecular weight is 469 g/mol. The van der Waals surface area contributed by atoms with Crippen LogP contribution in [0.5, 0.6) is 0 Å². The minimum Gasteiger partial charge on any atom is -0.457 e. The summed E-state index contributed by atoms with van der Waals surface area (Å²) in [5.41, 5.74) is 5.00. The lowest BCUT2D eigenvalue weighted by Gasteiger charge is -2.09. The Morgan fingerprint density at radius 3 is 2.68 bits per heavy atom. The fourth-order valence-electron chi connectivity index (χ4n) is 4.47. The lowest BCUT2D eigenvalue weighted by Crippen LogP contribution is -2.08. The molecule has 0 unspecified atom stereocenters. The molecule has 1 aliphatic carbocycles. The molecule has 0 N–H and O–H groups in total. The third kappa shape index (κ3) is 3.74. The van der Waals surface area contributed by atoms with Gasteiger partial charge in [-0.1, -0.05) is 24.3 Å². The quantitative estimate of drug-likeness (QED) is 0.250. The van der Waals surface area contributed by atoms with Crippen LogP contribution in [0.25, 0.3) is 27.2 Å². The van der Waals surface area contributed by atoms with Crippen molar-refractivity contribution in [1.29, 1.82) is 0 Å². The Kier molecular flexibility index (Phi) is 5.11. The summed E-state index contributed by atoms with van der Waals surface area (Å²) in [4.78, 5) is 26.3. The number of carbonyl (C=O) groups excluding carboxylic acids is 1. The standard InChI is InChI=1S/C27H20N2O4S/c30-25-14-19(21-12-17-6-4-7-18(17)13-23(21)33-25)16-32-27(31)22-15-29(20-8-2-1-3-9-20)28-26(22)24-10-5-11-34-24/h1-3,5,8-15H,4,6-7,16H2. The second-order valence-electron chi connectivity index (χ2n) is 8.29.